The zero-order chi connectivity index (χ0) is 13.7. The number of hydrogen-bond acceptors (Lipinski definition) is 4. The third-order valence-electron chi connectivity index (χ3n) is 3.55. The Kier molecular flexibility index (Phi) is 6.05. The molecule has 3 N–H and O–H groups in total. The molecule has 0 saturated carbocycles. The molecule has 106 valence electrons. The van der Waals surface area contributed by atoms with Crippen molar-refractivity contribution in [2.24, 2.45) is 11.7 Å². The molecule has 1 unspecified atom stereocenters. The first kappa shape index (κ1) is 15.4. The summed E-state index contributed by atoms with van der Waals surface area (Å²) in [6, 6.07) is 0.00979. The average molecular weight is 256 g/mol. The summed E-state index contributed by atoms with van der Waals surface area (Å²) in [5, 5.41) is 2.98. The van der Waals surface area contributed by atoms with Gasteiger partial charge >= 0.3 is 0 Å². The van der Waals surface area contributed by atoms with Crippen molar-refractivity contribution < 1.29 is 4.79 Å². The summed E-state index contributed by atoms with van der Waals surface area (Å²) in [7, 11) is 4.23. The normalized spacial score (nSPS) is 24.2. The highest BCUT2D eigenvalue weighted by atomic mass is 16.2. The topological polar surface area (TPSA) is 61.6 Å². The zero-order valence-corrected chi connectivity index (χ0v) is 12.1. The highest BCUT2D eigenvalue weighted by Gasteiger charge is 2.23. The van der Waals surface area contributed by atoms with Gasteiger partial charge in [-0.1, -0.05) is 13.8 Å². The lowest BCUT2D eigenvalue weighted by Crippen LogP contribution is -2.55. The van der Waals surface area contributed by atoms with Crippen molar-refractivity contribution in [1.29, 1.82) is 0 Å². The minimum atomic E-state index is -0.378. The quantitative estimate of drug-likeness (QED) is 0.710. The molecule has 0 radical (unpaired) electrons. The molecular weight excluding hydrogens is 228 g/mol. The third kappa shape index (κ3) is 4.92. The molecule has 0 aromatic carbocycles. The smallest absolute Gasteiger partial charge is 0.236 e. The minimum Gasteiger partial charge on any atom is -0.353 e. The molecule has 0 aromatic heterocycles. The number of hydrogen-bond donors (Lipinski definition) is 2. The Morgan fingerprint density at radius 3 is 2.67 bits per heavy atom. The third-order valence-corrected chi connectivity index (χ3v) is 3.55. The van der Waals surface area contributed by atoms with Crippen molar-refractivity contribution >= 4 is 5.91 Å². The summed E-state index contributed by atoms with van der Waals surface area (Å²) < 4.78 is 0. The SMILES string of the molecule is CC(C)C[C@@H](N)C(=O)NCC1CN(C)CCN1C. The maximum absolute atomic E-state index is 11.8. The van der Waals surface area contributed by atoms with Crippen LogP contribution in [0.1, 0.15) is 20.3 Å². The van der Waals surface area contributed by atoms with Gasteiger partial charge in [-0.2, -0.15) is 0 Å². The van der Waals surface area contributed by atoms with E-state index < -0.39 is 0 Å². The Balaban J connectivity index is 2.32. The van der Waals surface area contributed by atoms with Gasteiger partial charge in [-0.15, -0.1) is 0 Å². The van der Waals surface area contributed by atoms with Crippen molar-refractivity contribution in [2.75, 3.05) is 40.3 Å². The molecule has 5 heteroatoms. The molecule has 1 aliphatic rings. The standard InChI is InChI=1S/C13H28N4O/c1-10(2)7-12(14)13(18)15-8-11-9-16(3)5-6-17(11)4/h10-12H,5-9,14H2,1-4H3,(H,15,18)/t11?,12-/m1/s1. The summed E-state index contributed by atoms with van der Waals surface area (Å²) in [4.78, 5) is 16.4. The van der Waals surface area contributed by atoms with Crippen molar-refractivity contribution in [3.63, 3.8) is 0 Å². The summed E-state index contributed by atoms with van der Waals surface area (Å²) in [5.41, 5.74) is 5.86. The van der Waals surface area contributed by atoms with Gasteiger partial charge in [0.15, 0.2) is 0 Å². The molecule has 1 saturated heterocycles. The number of carbonyl (C=O) groups is 1. The van der Waals surface area contributed by atoms with Crippen LogP contribution in [0.3, 0.4) is 0 Å². The van der Waals surface area contributed by atoms with Crippen LogP contribution < -0.4 is 11.1 Å². The fourth-order valence-corrected chi connectivity index (χ4v) is 2.29. The maximum Gasteiger partial charge on any atom is 0.236 e. The predicted molar refractivity (Wildman–Crippen MR) is 74.4 cm³/mol. The first-order valence-electron chi connectivity index (χ1n) is 6.82. The van der Waals surface area contributed by atoms with Gasteiger partial charge in [-0.25, -0.2) is 0 Å². The van der Waals surface area contributed by atoms with Crippen molar-refractivity contribution in [3.05, 3.63) is 0 Å². The summed E-state index contributed by atoms with van der Waals surface area (Å²) >= 11 is 0. The Morgan fingerprint density at radius 2 is 2.06 bits per heavy atom. The molecule has 0 spiro atoms. The highest BCUT2D eigenvalue weighted by molar-refractivity contribution is 5.81. The van der Waals surface area contributed by atoms with Crippen LogP contribution in [0.2, 0.25) is 0 Å². The molecule has 5 nitrogen and oxygen atoms in total. The molecule has 1 fully saturated rings. The second kappa shape index (κ2) is 7.07. The summed E-state index contributed by atoms with van der Waals surface area (Å²) in [6.45, 7) is 7.98. The van der Waals surface area contributed by atoms with E-state index >= 15 is 0 Å². The van der Waals surface area contributed by atoms with E-state index in [1.54, 1.807) is 0 Å². The number of nitrogens with one attached hydrogen (secondary N) is 1. The number of carbonyl (C=O) groups excluding carboxylic acids is 1. The number of likely N-dealkylation sites (N-methyl/N-ethyl adjacent to an activating group) is 2. The van der Waals surface area contributed by atoms with Crippen LogP contribution in [0.15, 0.2) is 0 Å². The molecule has 0 bridgehead atoms. The maximum atomic E-state index is 11.8. The van der Waals surface area contributed by atoms with Crippen molar-refractivity contribution in [1.82, 2.24) is 15.1 Å². The van der Waals surface area contributed by atoms with Crippen LogP contribution >= 0.6 is 0 Å². The highest BCUT2D eigenvalue weighted by Crippen LogP contribution is 2.06. The average Bonchev–Trinajstić information content (AvgIpc) is 2.29. The van der Waals surface area contributed by atoms with E-state index in [1.165, 1.54) is 0 Å². The van der Waals surface area contributed by atoms with Gasteiger partial charge in [-0.3, -0.25) is 9.69 Å². The van der Waals surface area contributed by atoms with E-state index in [0.717, 1.165) is 26.1 Å². The van der Waals surface area contributed by atoms with E-state index in [2.05, 4.69) is 43.1 Å². The number of nitrogens with two attached hydrogens (primary N) is 1. The molecule has 18 heavy (non-hydrogen) atoms. The van der Waals surface area contributed by atoms with Crippen LogP contribution in [-0.2, 0) is 4.79 Å². The molecule has 1 amide bonds. The lowest BCUT2D eigenvalue weighted by molar-refractivity contribution is -0.123. The second-order valence-electron chi connectivity index (χ2n) is 5.88. The second-order valence-corrected chi connectivity index (χ2v) is 5.88. The van der Waals surface area contributed by atoms with Crippen LogP contribution in [0.5, 0.6) is 0 Å². The summed E-state index contributed by atoms with van der Waals surface area (Å²) in [6.07, 6.45) is 0.742. The van der Waals surface area contributed by atoms with Gasteiger partial charge in [0.1, 0.15) is 0 Å². The van der Waals surface area contributed by atoms with E-state index in [9.17, 15) is 4.79 Å². The monoisotopic (exact) mass is 256 g/mol. The fraction of sp³-hybridized carbons (Fsp3) is 0.923. The van der Waals surface area contributed by atoms with Gasteiger partial charge < -0.3 is 16.0 Å². The van der Waals surface area contributed by atoms with Crippen molar-refractivity contribution in [3.8, 4) is 0 Å². The van der Waals surface area contributed by atoms with Crippen LogP contribution in [-0.4, -0.2) is 68.1 Å². The molecule has 0 aromatic rings. The van der Waals surface area contributed by atoms with Crippen LogP contribution in [0.4, 0.5) is 0 Å². The summed E-state index contributed by atoms with van der Waals surface area (Å²) in [5.74, 6) is 0.430. The van der Waals surface area contributed by atoms with E-state index in [-0.39, 0.29) is 11.9 Å². The van der Waals surface area contributed by atoms with Crippen LogP contribution in [0.25, 0.3) is 0 Å². The van der Waals surface area contributed by atoms with Gasteiger partial charge in [0.25, 0.3) is 0 Å². The number of rotatable bonds is 5. The largest absolute Gasteiger partial charge is 0.353 e. The minimum absolute atomic E-state index is 0.0228. The van der Waals surface area contributed by atoms with Gasteiger partial charge in [0, 0.05) is 32.2 Å². The Bertz CT molecular complexity index is 270. The Hall–Kier alpha value is -0.650. The lowest BCUT2D eigenvalue weighted by atomic mass is 10.0. The first-order valence-corrected chi connectivity index (χ1v) is 6.82. The van der Waals surface area contributed by atoms with Gasteiger partial charge in [-0.05, 0) is 26.4 Å². The number of nitrogens with zero attached hydrogens (tertiary/aromatic N) is 2. The van der Waals surface area contributed by atoms with Gasteiger partial charge in [0.2, 0.25) is 5.91 Å². The zero-order valence-electron chi connectivity index (χ0n) is 12.1. The molecule has 0 aliphatic carbocycles. The van der Waals surface area contributed by atoms with E-state index in [0.29, 0.717) is 18.5 Å². The van der Waals surface area contributed by atoms with Crippen LogP contribution in [0, 0.1) is 5.92 Å². The molecule has 1 rings (SSSR count). The molecule has 1 aliphatic heterocycles. The van der Waals surface area contributed by atoms with E-state index in [1.807, 2.05) is 0 Å². The molecule has 2 atom stereocenters. The number of piperazine rings is 1. The first-order chi connectivity index (χ1) is 8.40. The van der Waals surface area contributed by atoms with E-state index in [4.69, 9.17) is 5.73 Å². The predicted octanol–water partition coefficient (Wildman–Crippen LogP) is -0.278. The number of amides is 1. The Morgan fingerprint density at radius 1 is 1.39 bits per heavy atom. The van der Waals surface area contributed by atoms with Gasteiger partial charge in [0.05, 0.1) is 6.04 Å². The molecule has 1 heterocycles. The van der Waals surface area contributed by atoms with Crippen molar-refractivity contribution in [2.45, 2.75) is 32.4 Å². The lowest BCUT2D eigenvalue weighted by Gasteiger charge is -2.37. The molecular formula is C13H28N4O. The Labute approximate surface area is 111 Å². The fourth-order valence-electron chi connectivity index (χ4n) is 2.29.